The molecule has 34 heavy (non-hydrogen) atoms. The van der Waals surface area contributed by atoms with Crippen molar-refractivity contribution in [1.29, 1.82) is 0 Å². The lowest BCUT2D eigenvalue weighted by molar-refractivity contribution is -0.107. The van der Waals surface area contributed by atoms with E-state index in [1.54, 1.807) is 18.0 Å². The summed E-state index contributed by atoms with van der Waals surface area (Å²) in [6.45, 7) is 7.53. The summed E-state index contributed by atoms with van der Waals surface area (Å²) in [7, 11) is 1.76. The van der Waals surface area contributed by atoms with Crippen molar-refractivity contribution in [1.82, 2.24) is 9.80 Å². The van der Waals surface area contributed by atoms with Crippen LogP contribution in [0.15, 0.2) is 42.5 Å². The fourth-order valence-electron chi connectivity index (χ4n) is 3.88. The summed E-state index contributed by atoms with van der Waals surface area (Å²) in [5, 5.41) is 1.15. The molecule has 2 aromatic rings. The molecule has 0 aliphatic carbocycles. The molecule has 7 nitrogen and oxygen atoms in total. The Morgan fingerprint density at radius 3 is 2.35 bits per heavy atom. The van der Waals surface area contributed by atoms with E-state index in [0.717, 1.165) is 36.5 Å². The number of carbonyl (C=O) groups is 2. The normalized spacial score (nSPS) is 15.0. The first-order valence-electron chi connectivity index (χ1n) is 11.3. The van der Waals surface area contributed by atoms with Crippen LogP contribution in [0.25, 0.3) is 0 Å². The Balaban J connectivity index is 1.60. The van der Waals surface area contributed by atoms with Crippen LogP contribution in [0.5, 0.6) is 0 Å². The maximum Gasteiger partial charge on any atom is 0.410 e. The molecule has 0 unspecified atom stereocenters. The van der Waals surface area contributed by atoms with Gasteiger partial charge in [-0.15, -0.1) is 0 Å². The van der Waals surface area contributed by atoms with Crippen LogP contribution < -0.4 is 10.4 Å². The number of hydrazine groups is 1. The first kappa shape index (κ1) is 25.4. The number of nitrogens with zero attached hydrogens (tertiary/aromatic N) is 3. The summed E-state index contributed by atoms with van der Waals surface area (Å²) in [6.07, 6.45) is 1.78. The van der Waals surface area contributed by atoms with Gasteiger partial charge in [-0.1, -0.05) is 0 Å². The number of likely N-dealkylation sites (tertiary alicyclic amines) is 1. The molecular weight excluding hydrogens is 442 g/mol. The predicted octanol–water partition coefficient (Wildman–Crippen LogP) is 4.79. The van der Waals surface area contributed by atoms with Crippen molar-refractivity contribution in [3.63, 3.8) is 0 Å². The number of hydrogen-bond donors (Lipinski definition) is 1. The average Bonchev–Trinajstić information content (AvgIpc) is 2.77. The summed E-state index contributed by atoms with van der Waals surface area (Å²) in [6, 6.07) is 10.1. The Morgan fingerprint density at radius 2 is 1.76 bits per heavy atom. The lowest BCUT2D eigenvalue weighted by Crippen LogP contribution is -2.46. The first-order chi connectivity index (χ1) is 16.0. The third kappa shape index (κ3) is 7.15. The van der Waals surface area contributed by atoms with Gasteiger partial charge in [-0.2, -0.15) is 0 Å². The lowest BCUT2D eigenvalue weighted by atomic mass is 10.0. The van der Waals surface area contributed by atoms with Gasteiger partial charge in [0, 0.05) is 32.7 Å². The fraction of sp³-hybridized carbons (Fsp3) is 0.440. The van der Waals surface area contributed by atoms with Crippen LogP contribution in [-0.2, 0) is 16.1 Å². The molecule has 2 amide bonds. The molecule has 0 bridgehead atoms. The van der Waals surface area contributed by atoms with Gasteiger partial charge in [-0.25, -0.2) is 18.6 Å². The Morgan fingerprint density at radius 1 is 1.12 bits per heavy atom. The Bertz CT molecular complexity index is 987. The van der Waals surface area contributed by atoms with E-state index < -0.39 is 17.2 Å². The topological polar surface area (TPSA) is 65.1 Å². The summed E-state index contributed by atoms with van der Waals surface area (Å²) in [5.41, 5.74) is 3.87. The van der Waals surface area contributed by atoms with Crippen LogP contribution in [0.1, 0.15) is 39.2 Å². The molecule has 3 rings (SSSR count). The number of halogens is 2. The molecule has 0 saturated carbocycles. The van der Waals surface area contributed by atoms with Crippen molar-refractivity contribution in [2.24, 2.45) is 0 Å². The van der Waals surface area contributed by atoms with E-state index in [9.17, 15) is 18.4 Å². The molecule has 1 aliphatic rings. The smallest absolute Gasteiger partial charge is 0.410 e. The molecule has 9 heteroatoms. The highest BCUT2D eigenvalue weighted by molar-refractivity contribution is 5.79. The first-order valence-corrected chi connectivity index (χ1v) is 11.3. The minimum atomic E-state index is -0.540. The van der Waals surface area contributed by atoms with Crippen molar-refractivity contribution in [2.45, 2.75) is 51.8 Å². The van der Waals surface area contributed by atoms with Gasteiger partial charge in [0.15, 0.2) is 0 Å². The Kier molecular flexibility index (Phi) is 8.09. The number of piperidine rings is 1. The van der Waals surface area contributed by atoms with E-state index >= 15 is 0 Å². The van der Waals surface area contributed by atoms with Gasteiger partial charge in [0.1, 0.15) is 17.2 Å². The molecule has 1 saturated heterocycles. The van der Waals surface area contributed by atoms with Crippen LogP contribution in [0, 0.1) is 11.6 Å². The van der Waals surface area contributed by atoms with Gasteiger partial charge >= 0.3 is 6.09 Å². The van der Waals surface area contributed by atoms with Crippen LogP contribution in [0.3, 0.4) is 0 Å². The number of carbonyl (C=O) groups excluding carboxylic acids is 2. The van der Waals surface area contributed by atoms with E-state index in [0.29, 0.717) is 24.3 Å². The Hall–Kier alpha value is -3.20. The second kappa shape index (κ2) is 10.8. The number of nitrogens with one attached hydrogen (secondary N) is 1. The fourth-order valence-corrected chi connectivity index (χ4v) is 3.88. The summed E-state index contributed by atoms with van der Waals surface area (Å²) in [4.78, 5) is 27.8. The SMILES string of the molecule is CN(C(=O)OC(C)(C)C)C1CCN(Cc2cc(F)cc(N(C=O)Nc3ccc(F)cc3)c2)CC1. The maximum absolute atomic E-state index is 14.4. The highest BCUT2D eigenvalue weighted by Crippen LogP contribution is 2.23. The minimum absolute atomic E-state index is 0.0830. The highest BCUT2D eigenvalue weighted by atomic mass is 19.1. The molecule has 1 heterocycles. The van der Waals surface area contributed by atoms with Crippen LogP contribution in [0.2, 0.25) is 0 Å². The van der Waals surface area contributed by atoms with Gasteiger partial charge in [0.05, 0.1) is 11.4 Å². The average molecular weight is 475 g/mol. The molecule has 184 valence electrons. The maximum atomic E-state index is 14.4. The standard InChI is InChI=1S/C25H32F2N4O3/c1-25(2,3)34-24(33)29(4)22-9-11-30(12-10-22)16-18-13-20(27)15-23(14-18)31(17-32)28-21-7-5-19(26)6-8-21/h5-8,13-15,17,22,28H,9-12,16H2,1-4H3. The van der Waals surface area contributed by atoms with Gasteiger partial charge < -0.3 is 9.64 Å². The molecule has 0 radical (unpaired) electrons. The molecule has 2 aromatic carbocycles. The molecule has 1 fully saturated rings. The quantitative estimate of drug-likeness (QED) is 0.462. The van der Waals surface area contributed by atoms with E-state index in [-0.39, 0.29) is 12.1 Å². The zero-order valence-corrected chi connectivity index (χ0v) is 20.1. The van der Waals surface area contributed by atoms with Crippen LogP contribution in [0.4, 0.5) is 25.0 Å². The number of ether oxygens (including phenoxy) is 1. The number of rotatable bonds is 7. The lowest BCUT2D eigenvalue weighted by Gasteiger charge is -2.37. The third-order valence-corrected chi connectivity index (χ3v) is 5.61. The molecule has 0 atom stereocenters. The van der Waals surface area contributed by atoms with Gasteiger partial charge in [0.2, 0.25) is 6.41 Å². The summed E-state index contributed by atoms with van der Waals surface area (Å²) in [5.74, 6) is -0.850. The van der Waals surface area contributed by atoms with Crippen LogP contribution in [-0.4, -0.2) is 54.1 Å². The van der Waals surface area contributed by atoms with Crippen molar-refractivity contribution in [3.8, 4) is 0 Å². The monoisotopic (exact) mass is 474 g/mol. The van der Waals surface area contributed by atoms with E-state index in [1.807, 2.05) is 20.8 Å². The van der Waals surface area contributed by atoms with Gasteiger partial charge in [-0.05, 0) is 81.6 Å². The minimum Gasteiger partial charge on any atom is -0.444 e. The van der Waals surface area contributed by atoms with Crippen LogP contribution >= 0.6 is 0 Å². The second-order valence-electron chi connectivity index (χ2n) is 9.51. The molecule has 0 aromatic heterocycles. The van der Waals surface area contributed by atoms with Crippen molar-refractivity contribution >= 4 is 23.9 Å². The van der Waals surface area contributed by atoms with Crippen molar-refractivity contribution in [2.75, 3.05) is 30.6 Å². The highest BCUT2D eigenvalue weighted by Gasteiger charge is 2.28. The third-order valence-electron chi connectivity index (χ3n) is 5.61. The van der Waals surface area contributed by atoms with Crippen molar-refractivity contribution < 1.29 is 23.1 Å². The zero-order chi connectivity index (χ0) is 24.9. The predicted molar refractivity (Wildman–Crippen MR) is 127 cm³/mol. The number of hydrogen-bond acceptors (Lipinski definition) is 5. The second-order valence-corrected chi connectivity index (χ2v) is 9.51. The van der Waals surface area contributed by atoms with E-state index in [2.05, 4.69) is 10.3 Å². The summed E-state index contributed by atoms with van der Waals surface area (Å²) < 4.78 is 33.0. The number of anilines is 2. The summed E-state index contributed by atoms with van der Waals surface area (Å²) >= 11 is 0. The number of amides is 2. The largest absolute Gasteiger partial charge is 0.444 e. The Labute approximate surface area is 199 Å². The van der Waals surface area contributed by atoms with E-state index in [4.69, 9.17) is 4.74 Å². The van der Waals surface area contributed by atoms with E-state index in [1.165, 1.54) is 36.4 Å². The van der Waals surface area contributed by atoms with Gasteiger partial charge in [0.25, 0.3) is 0 Å². The van der Waals surface area contributed by atoms with Crippen molar-refractivity contribution in [3.05, 3.63) is 59.7 Å². The molecular formula is C25H32F2N4O3. The number of benzene rings is 2. The zero-order valence-electron chi connectivity index (χ0n) is 20.1. The molecule has 1 aliphatic heterocycles. The van der Waals surface area contributed by atoms with Gasteiger partial charge in [-0.3, -0.25) is 15.1 Å². The molecule has 1 N–H and O–H groups in total. The molecule has 0 spiro atoms.